The molecule has 1 aromatic carbocycles. The van der Waals surface area contributed by atoms with Gasteiger partial charge in [-0.15, -0.1) is 0 Å². The second kappa shape index (κ2) is 9.86. The molecule has 36 heavy (non-hydrogen) atoms. The standard InChI is InChI=1S/C23H28ClF3N4O4S/c1-16(2)36(33,34)30-11-9-29(10-12-30)19-14-28-31(18-6-3-5-17(24)13-18)21(32)20(19)35-15-22(7-4-8-22)23(25,26)27/h3,5-6,13-14,16H,4,7-12,15H2,1-2H3. The summed E-state index contributed by atoms with van der Waals surface area (Å²) in [5.41, 5.74) is -2.14. The van der Waals surface area contributed by atoms with Crippen LogP contribution in [0.5, 0.6) is 5.75 Å². The fraction of sp³-hybridized carbons (Fsp3) is 0.565. The molecule has 2 heterocycles. The van der Waals surface area contributed by atoms with Crippen molar-refractivity contribution in [3.8, 4) is 11.4 Å². The third-order valence-electron chi connectivity index (χ3n) is 6.91. The maximum atomic E-state index is 13.8. The normalized spacial score (nSPS) is 18.8. The second-order valence-electron chi connectivity index (χ2n) is 9.46. The minimum absolute atomic E-state index is 0.0643. The van der Waals surface area contributed by atoms with E-state index in [4.69, 9.17) is 16.3 Å². The largest absolute Gasteiger partial charge is 0.485 e. The van der Waals surface area contributed by atoms with Gasteiger partial charge in [0.05, 0.1) is 22.5 Å². The molecule has 1 aliphatic carbocycles. The van der Waals surface area contributed by atoms with Gasteiger partial charge in [0.15, 0.2) is 0 Å². The highest BCUT2D eigenvalue weighted by Crippen LogP contribution is 2.53. The Morgan fingerprint density at radius 3 is 2.36 bits per heavy atom. The van der Waals surface area contributed by atoms with Crippen LogP contribution in [-0.4, -0.2) is 66.7 Å². The molecule has 1 saturated carbocycles. The molecule has 198 valence electrons. The van der Waals surface area contributed by atoms with Crippen molar-refractivity contribution in [2.75, 3.05) is 37.7 Å². The Bertz CT molecular complexity index is 1270. The molecule has 2 aromatic rings. The van der Waals surface area contributed by atoms with Gasteiger partial charge in [0.1, 0.15) is 12.3 Å². The van der Waals surface area contributed by atoms with E-state index in [2.05, 4.69) is 5.10 Å². The summed E-state index contributed by atoms with van der Waals surface area (Å²) in [7, 11) is -3.46. The Balaban J connectivity index is 1.68. The van der Waals surface area contributed by atoms with Crippen LogP contribution in [0, 0.1) is 5.41 Å². The predicted molar refractivity (Wildman–Crippen MR) is 131 cm³/mol. The average molecular weight is 549 g/mol. The molecule has 0 unspecified atom stereocenters. The van der Waals surface area contributed by atoms with Crippen LogP contribution in [0.4, 0.5) is 18.9 Å². The maximum Gasteiger partial charge on any atom is 0.397 e. The van der Waals surface area contributed by atoms with Crippen molar-refractivity contribution in [3.63, 3.8) is 0 Å². The number of hydrogen-bond acceptors (Lipinski definition) is 6. The lowest BCUT2D eigenvalue weighted by Crippen LogP contribution is -2.51. The van der Waals surface area contributed by atoms with Crippen LogP contribution < -0.4 is 15.2 Å². The lowest BCUT2D eigenvalue weighted by atomic mass is 9.69. The smallest absolute Gasteiger partial charge is 0.397 e. The number of aromatic nitrogens is 2. The molecule has 2 fully saturated rings. The van der Waals surface area contributed by atoms with E-state index in [1.165, 1.54) is 16.6 Å². The van der Waals surface area contributed by atoms with Gasteiger partial charge in [0, 0.05) is 31.2 Å². The number of alkyl halides is 3. The van der Waals surface area contributed by atoms with Crippen molar-refractivity contribution in [2.24, 2.45) is 5.41 Å². The van der Waals surface area contributed by atoms with E-state index in [1.54, 1.807) is 36.9 Å². The number of nitrogens with zero attached hydrogens (tertiary/aromatic N) is 4. The van der Waals surface area contributed by atoms with Crippen LogP contribution in [0.25, 0.3) is 5.69 Å². The van der Waals surface area contributed by atoms with Crippen molar-refractivity contribution in [1.29, 1.82) is 0 Å². The van der Waals surface area contributed by atoms with E-state index in [0.717, 1.165) is 4.68 Å². The van der Waals surface area contributed by atoms with Gasteiger partial charge in [-0.3, -0.25) is 4.79 Å². The first-order chi connectivity index (χ1) is 16.9. The maximum absolute atomic E-state index is 13.8. The van der Waals surface area contributed by atoms with Gasteiger partial charge in [0.2, 0.25) is 15.8 Å². The van der Waals surface area contributed by atoms with Crippen molar-refractivity contribution >= 4 is 27.3 Å². The zero-order chi connectivity index (χ0) is 26.3. The third kappa shape index (κ3) is 4.95. The Labute approximate surface area is 212 Å². The first-order valence-corrected chi connectivity index (χ1v) is 13.6. The Hall–Kier alpha value is -2.31. The van der Waals surface area contributed by atoms with Gasteiger partial charge < -0.3 is 9.64 Å². The van der Waals surface area contributed by atoms with Gasteiger partial charge in [-0.1, -0.05) is 24.1 Å². The minimum atomic E-state index is -4.46. The quantitative estimate of drug-likeness (QED) is 0.522. The lowest BCUT2D eigenvalue weighted by Gasteiger charge is -2.42. The molecule has 0 radical (unpaired) electrons. The van der Waals surface area contributed by atoms with Crippen molar-refractivity contribution in [2.45, 2.75) is 44.5 Å². The fourth-order valence-electron chi connectivity index (χ4n) is 4.39. The van der Waals surface area contributed by atoms with E-state index in [9.17, 15) is 26.4 Å². The number of ether oxygens (including phenoxy) is 1. The zero-order valence-corrected chi connectivity index (χ0v) is 21.5. The van der Waals surface area contributed by atoms with Crippen LogP contribution in [-0.2, 0) is 10.0 Å². The summed E-state index contributed by atoms with van der Waals surface area (Å²) in [6.45, 7) is 3.33. The highest BCUT2D eigenvalue weighted by molar-refractivity contribution is 7.89. The third-order valence-corrected chi connectivity index (χ3v) is 9.42. The Morgan fingerprint density at radius 2 is 1.83 bits per heavy atom. The van der Waals surface area contributed by atoms with Crippen LogP contribution in [0.15, 0.2) is 35.3 Å². The monoisotopic (exact) mass is 548 g/mol. The number of hydrogen-bond donors (Lipinski definition) is 0. The van der Waals surface area contributed by atoms with E-state index in [0.29, 0.717) is 17.1 Å². The zero-order valence-electron chi connectivity index (χ0n) is 20.0. The summed E-state index contributed by atoms with van der Waals surface area (Å²) >= 11 is 6.05. The van der Waals surface area contributed by atoms with Gasteiger partial charge in [-0.05, 0) is 44.9 Å². The molecule has 0 amide bonds. The van der Waals surface area contributed by atoms with Crippen molar-refractivity contribution in [1.82, 2.24) is 14.1 Å². The molecule has 8 nitrogen and oxygen atoms in total. The van der Waals surface area contributed by atoms with E-state index in [1.807, 2.05) is 0 Å². The molecular weight excluding hydrogens is 521 g/mol. The molecular formula is C23H28ClF3N4O4S. The van der Waals surface area contributed by atoms with Crippen LogP contribution >= 0.6 is 11.6 Å². The highest BCUT2D eigenvalue weighted by Gasteiger charge is 2.59. The minimum Gasteiger partial charge on any atom is -0.485 e. The molecule has 1 aromatic heterocycles. The van der Waals surface area contributed by atoms with E-state index in [-0.39, 0.29) is 50.5 Å². The summed E-state index contributed by atoms with van der Waals surface area (Å²) in [5, 5.41) is 4.00. The molecule has 0 spiro atoms. The molecule has 13 heteroatoms. The van der Waals surface area contributed by atoms with Crippen molar-refractivity contribution < 1.29 is 26.3 Å². The molecule has 2 aliphatic rings. The van der Waals surface area contributed by atoms with Crippen LogP contribution in [0.2, 0.25) is 5.02 Å². The first kappa shape index (κ1) is 26.7. The SMILES string of the molecule is CC(C)S(=O)(=O)N1CCN(c2cnn(-c3cccc(Cl)c3)c(=O)c2OCC2(C(F)(F)F)CCC2)CC1. The lowest BCUT2D eigenvalue weighted by molar-refractivity contribution is -0.259. The number of anilines is 1. The molecule has 1 aliphatic heterocycles. The molecule has 1 saturated heterocycles. The van der Waals surface area contributed by atoms with Crippen molar-refractivity contribution in [3.05, 3.63) is 45.8 Å². The number of halogens is 4. The number of piperazine rings is 1. The number of sulfonamides is 1. The van der Waals surface area contributed by atoms with Gasteiger partial charge >= 0.3 is 11.7 Å². The van der Waals surface area contributed by atoms with Gasteiger partial charge in [-0.2, -0.15) is 27.3 Å². The summed E-state index contributed by atoms with van der Waals surface area (Å²) in [4.78, 5) is 15.2. The summed E-state index contributed by atoms with van der Waals surface area (Å²) in [6.07, 6.45) is -2.78. The van der Waals surface area contributed by atoms with E-state index < -0.39 is 39.0 Å². The number of rotatable bonds is 7. The molecule has 4 rings (SSSR count). The van der Waals surface area contributed by atoms with Crippen LogP contribution in [0.1, 0.15) is 33.1 Å². The van der Waals surface area contributed by atoms with E-state index >= 15 is 0 Å². The predicted octanol–water partition coefficient (Wildman–Crippen LogP) is 3.86. The Morgan fingerprint density at radius 1 is 1.17 bits per heavy atom. The first-order valence-electron chi connectivity index (χ1n) is 11.7. The average Bonchev–Trinajstić information content (AvgIpc) is 2.78. The topological polar surface area (TPSA) is 84.7 Å². The summed E-state index contributed by atoms with van der Waals surface area (Å²) < 4.78 is 74.4. The fourth-order valence-corrected chi connectivity index (χ4v) is 5.84. The number of benzene rings is 1. The van der Waals surface area contributed by atoms with Gasteiger partial charge in [0.25, 0.3) is 0 Å². The molecule has 0 N–H and O–H groups in total. The molecule has 0 bridgehead atoms. The summed E-state index contributed by atoms with van der Waals surface area (Å²) in [5.74, 6) is -0.249. The second-order valence-corrected chi connectivity index (χ2v) is 12.4. The molecule has 0 atom stereocenters. The Kier molecular flexibility index (Phi) is 7.33. The highest BCUT2D eigenvalue weighted by atomic mass is 35.5. The summed E-state index contributed by atoms with van der Waals surface area (Å²) in [6, 6.07) is 6.36. The van der Waals surface area contributed by atoms with Gasteiger partial charge in [-0.25, -0.2) is 8.42 Å². The van der Waals surface area contributed by atoms with Crippen LogP contribution in [0.3, 0.4) is 0 Å².